The molecule has 6 N–H and O–H groups in total. The van der Waals surface area contributed by atoms with Crippen LogP contribution in [0.3, 0.4) is 0 Å². The summed E-state index contributed by atoms with van der Waals surface area (Å²) in [6.45, 7) is 0.898. The first-order chi connectivity index (χ1) is 15.6. The van der Waals surface area contributed by atoms with E-state index in [0.29, 0.717) is 0 Å². The standard InChI is InChI=1S/C20H23N3O10/c1-9-7-23(20(31)22-18(9)29)15-6-13(14(8-24)32-15)33-16(27)2-3-21-19(30)10-4-11(25)17(28)12(26)5-10/h4-5,7,13-15,24-26,28H,2-3,6,8H2,1H3,(H,21,30)(H,22,29,31). The largest absolute Gasteiger partial charge is 0.504 e. The van der Waals surface area contributed by atoms with Crippen molar-refractivity contribution >= 4 is 11.9 Å². The Morgan fingerprint density at radius 3 is 2.55 bits per heavy atom. The first-order valence-electron chi connectivity index (χ1n) is 9.91. The van der Waals surface area contributed by atoms with E-state index in [2.05, 4.69) is 10.3 Å². The zero-order chi connectivity index (χ0) is 24.3. The Morgan fingerprint density at radius 1 is 1.24 bits per heavy atom. The number of aliphatic hydroxyl groups excluding tert-OH is 1. The average molecular weight is 465 g/mol. The maximum atomic E-state index is 12.2. The van der Waals surface area contributed by atoms with Crippen molar-refractivity contribution in [3.63, 3.8) is 0 Å². The highest BCUT2D eigenvalue weighted by atomic mass is 16.6. The summed E-state index contributed by atoms with van der Waals surface area (Å²) in [5.74, 6) is -3.53. The van der Waals surface area contributed by atoms with Crippen molar-refractivity contribution in [3.8, 4) is 17.2 Å². The van der Waals surface area contributed by atoms with Gasteiger partial charge in [-0.1, -0.05) is 0 Å². The van der Waals surface area contributed by atoms with Gasteiger partial charge in [0.1, 0.15) is 18.4 Å². The fourth-order valence-corrected chi connectivity index (χ4v) is 3.30. The summed E-state index contributed by atoms with van der Waals surface area (Å²) in [5.41, 5.74) is -1.08. The molecule has 0 aliphatic carbocycles. The number of H-pyrrole nitrogens is 1. The number of aromatic amines is 1. The van der Waals surface area contributed by atoms with Gasteiger partial charge in [-0.3, -0.25) is 23.9 Å². The molecule has 1 saturated heterocycles. The zero-order valence-corrected chi connectivity index (χ0v) is 17.5. The van der Waals surface area contributed by atoms with Crippen molar-refractivity contribution in [2.45, 2.75) is 38.2 Å². The van der Waals surface area contributed by atoms with E-state index in [1.807, 2.05) is 0 Å². The van der Waals surface area contributed by atoms with Crippen LogP contribution in [0.1, 0.15) is 35.0 Å². The van der Waals surface area contributed by atoms with Gasteiger partial charge in [-0.05, 0) is 19.1 Å². The number of phenols is 3. The number of ether oxygens (including phenoxy) is 2. The lowest BCUT2D eigenvalue weighted by molar-refractivity contribution is -0.152. The first kappa shape index (κ1) is 23.8. The molecule has 1 amide bonds. The van der Waals surface area contributed by atoms with Crippen molar-refractivity contribution in [2.24, 2.45) is 0 Å². The number of carbonyl (C=O) groups is 2. The van der Waals surface area contributed by atoms with Crippen molar-refractivity contribution in [3.05, 3.63) is 50.3 Å². The highest BCUT2D eigenvalue weighted by Gasteiger charge is 2.39. The van der Waals surface area contributed by atoms with Crippen LogP contribution in [0.5, 0.6) is 17.2 Å². The van der Waals surface area contributed by atoms with Gasteiger partial charge in [0.2, 0.25) is 0 Å². The SMILES string of the molecule is Cc1cn(C2CC(OC(=O)CCNC(=O)c3cc(O)c(O)c(O)c3)C(CO)O2)c(=O)[nH]c1=O. The van der Waals surface area contributed by atoms with Gasteiger partial charge in [-0.15, -0.1) is 0 Å². The Balaban J connectivity index is 1.55. The number of aryl methyl sites for hydroxylation is 1. The van der Waals surface area contributed by atoms with E-state index >= 15 is 0 Å². The van der Waals surface area contributed by atoms with Crippen molar-refractivity contribution in [2.75, 3.05) is 13.2 Å². The van der Waals surface area contributed by atoms with Gasteiger partial charge in [0, 0.05) is 30.3 Å². The van der Waals surface area contributed by atoms with E-state index in [-0.39, 0.29) is 30.5 Å². The van der Waals surface area contributed by atoms with Gasteiger partial charge in [-0.25, -0.2) is 4.79 Å². The Morgan fingerprint density at radius 2 is 1.91 bits per heavy atom. The number of phenolic OH excluding ortho intramolecular Hbond substituents is 3. The van der Waals surface area contributed by atoms with E-state index in [4.69, 9.17) is 9.47 Å². The third kappa shape index (κ3) is 5.32. The van der Waals surface area contributed by atoms with Gasteiger partial charge in [0.05, 0.1) is 13.0 Å². The number of hydrogen-bond donors (Lipinski definition) is 6. The summed E-state index contributed by atoms with van der Waals surface area (Å²) in [4.78, 5) is 50.0. The summed E-state index contributed by atoms with van der Waals surface area (Å²) in [7, 11) is 0. The molecule has 13 heteroatoms. The summed E-state index contributed by atoms with van der Waals surface area (Å²) in [6, 6.07) is 1.90. The minimum Gasteiger partial charge on any atom is -0.504 e. The predicted molar refractivity (Wildman–Crippen MR) is 110 cm³/mol. The number of benzene rings is 1. The third-order valence-corrected chi connectivity index (χ3v) is 5.05. The monoisotopic (exact) mass is 465 g/mol. The van der Waals surface area contributed by atoms with Crippen LogP contribution in [-0.2, 0) is 14.3 Å². The van der Waals surface area contributed by atoms with Gasteiger partial charge in [0.25, 0.3) is 11.5 Å². The Kier molecular flexibility index (Phi) is 7.04. The van der Waals surface area contributed by atoms with Gasteiger partial charge in [-0.2, -0.15) is 0 Å². The van der Waals surface area contributed by atoms with E-state index < -0.39 is 65.4 Å². The molecule has 3 rings (SSSR count). The lowest BCUT2D eigenvalue weighted by atomic mass is 10.1. The number of aliphatic hydroxyl groups is 1. The molecule has 13 nitrogen and oxygen atoms in total. The van der Waals surface area contributed by atoms with E-state index in [9.17, 15) is 39.6 Å². The summed E-state index contributed by atoms with van der Waals surface area (Å²) >= 11 is 0. The second-order valence-corrected chi connectivity index (χ2v) is 7.42. The number of nitrogens with zero attached hydrogens (tertiary/aromatic N) is 1. The van der Waals surface area contributed by atoms with Crippen LogP contribution in [-0.4, -0.2) is 67.2 Å². The van der Waals surface area contributed by atoms with Gasteiger partial charge < -0.3 is 35.2 Å². The second-order valence-electron chi connectivity index (χ2n) is 7.42. The first-order valence-corrected chi connectivity index (χ1v) is 9.91. The van der Waals surface area contributed by atoms with Crippen LogP contribution in [0.15, 0.2) is 27.9 Å². The topological polar surface area (TPSA) is 200 Å². The van der Waals surface area contributed by atoms with Crippen LogP contribution in [0.25, 0.3) is 0 Å². The fraction of sp³-hybridized carbons (Fsp3) is 0.400. The fourth-order valence-electron chi connectivity index (χ4n) is 3.30. The summed E-state index contributed by atoms with van der Waals surface area (Å²) < 4.78 is 12.1. The normalized spacial score (nSPS) is 19.9. The summed E-state index contributed by atoms with van der Waals surface area (Å²) in [6.07, 6.45) is -1.49. The second kappa shape index (κ2) is 9.75. The van der Waals surface area contributed by atoms with Crippen molar-refractivity contribution in [1.29, 1.82) is 0 Å². The molecule has 3 atom stereocenters. The highest BCUT2D eigenvalue weighted by molar-refractivity contribution is 5.95. The molecular formula is C20H23N3O10. The van der Waals surface area contributed by atoms with Crippen LogP contribution < -0.4 is 16.6 Å². The lowest BCUT2D eigenvalue weighted by Crippen LogP contribution is -2.33. The molecule has 1 aromatic heterocycles. The molecular weight excluding hydrogens is 442 g/mol. The lowest BCUT2D eigenvalue weighted by Gasteiger charge is -2.16. The van der Waals surface area contributed by atoms with E-state index in [0.717, 1.165) is 16.7 Å². The average Bonchev–Trinajstić information content (AvgIpc) is 3.16. The minimum absolute atomic E-state index is 0.0563. The number of amides is 1. The minimum atomic E-state index is -0.893. The molecule has 2 heterocycles. The maximum Gasteiger partial charge on any atom is 0.330 e. The molecule has 0 spiro atoms. The zero-order valence-electron chi connectivity index (χ0n) is 17.5. The number of carbonyl (C=O) groups excluding carboxylic acids is 2. The van der Waals surface area contributed by atoms with E-state index in [1.54, 1.807) is 0 Å². The maximum absolute atomic E-state index is 12.2. The van der Waals surface area contributed by atoms with Crippen LogP contribution in [0.2, 0.25) is 0 Å². The smallest absolute Gasteiger partial charge is 0.330 e. The number of nitrogens with one attached hydrogen (secondary N) is 2. The quantitative estimate of drug-likeness (QED) is 0.217. The molecule has 0 radical (unpaired) electrons. The number of hydrogen-bond acceptors (Lipinski definition) is 10. The molecule has 0 saturated carbocycles. The molecule has 0 bridgehead atoms. The number of aromatic nitrogens is 2. The molecule has 33 heavy (non-hydrogen) atoms. The highest BCUT2D eigenvalue weighted by Crippen LogP contribution is 2.35. The molecule has 1 fully saturated rings. The third-order valence-electron chi connectivity index (χ3n) is 5.05. The molecule has 1 aliphatic heterocycles. The number of esters is 1. The van der Waals surface area contributed by atoms with E-state index in [1.165, 1.54) is 13.1 Å². The predicted octanol–water partition coefficient (Wildman–Crippen LogP) is -1.03. The van der Waals surface area contributed by atoms with Crippen LogP contribution in [0, 0.1) is 6.92 Å². The molecule has 3 unspecified atom stereocenters. The Bertz CT molecular complexity index is 1150. The van der Waals surface area contributed by atoms with Crippen LogP contribution >= 0.6 is 0 Å². The number of aromatic hydroxyl groups is 3. The van der Waals surface area contributed by atoms with Crippen LogP contribution in [0.4, 0.5) is 0 Å². The number of rotatable bonds is 7. The van der Waals surface area contributed by atoms with Gasteiger partial charge in [0.15, 0.2) is 17.2 Å². The molecule has 1 aliphatic rings. The van der Waals surface area contributed by atoms with Crippen molar-refractivity contribution < 1.29 is 39.5 Å². The molecule has 2 aromatic rings. The Labute approximate surface area is 185 Å². The molecule has 1 aromatic carbocycles. The molecule has 178 valence electrons. The van der Waals surface area contributed by atoms with Gasteiger partial charge >= 0.3 is 11.7 Å². The summed E-state index contributed by atoms with van der Waals surface area (Å²) in [5, 5.41) is 40.2. The van der Waals surface area contributed by atoms with Crippen molar-refractivity contribution in [1.82, 2.24) is 14.9 Å². The Hall–Kier alpha value is -3.84.